The Morgan fingerprint density at radius 3 is 2.92 bits per heavy atom. The Morgan fingerprint density at radius 1 is 1.58 bits per heavy atom. The first-order chi connectivity index (χ1) is 5.74. The van der Waals surface area contributed by atoms with Crippen molar-refractivity contribution >= 4 is 13.0 Å². The van der Waals surface area contributed by atoms with Crippen LogP contribution in [0.25, 0.3) is 0 Å². The third kappa shape index (κ3) is 2.08. The number of non-ortho nitro benzene ring substituents is 1. The predicted octanol–water partition coefficient (Wildman–Crippen LogP) is 1.58. The van der Waals surface area contributed by atoms with Gasteiger partial charge in [-0.3, -0.25) is 10.1 Å². The zero-order chi connectivity index (χ0) is 8.97. The molecule has 62 valence electrons. The van der Waals surface area contributed by atoms with Crippen LogP contribution >= 0.6 is 0 Å². The average Bonchev–Trinajstić information content (AvgIpc) is 2.05. The molecule has 0 aliphatic rings. The number of nitro benzene ring substituents is 1. The van der Waals surface area contributed by atoms with Crippen molar-refractivity contribution in [3.05, 3.63) is 39.9 Å². The lowest BCUT2D eigenvalue weighted by Gasteiger charge is -1.96. The largest absolute Gasteiger partial charge is 0.269 e. The predicted molar refractivity (Wildman–Crippen MR) is 49.8 cm³/mol. The molecule has 1 rings (SSSR count). The van der Waals surface area contributed by atoms with E-state index in [2.05, 4.69) is 6.82 Å². The van der Waals surface area contributed by atoms with E-state index in [-0.39, 0.29) is 10.6 Å². The zero-order valence-electron chi connectivity index (χ0n) is 6.99. The van der Waals surface area contributed by atoms with E-state index in [0.29, 0.717) is 0 Å². The van der Waals surface area contributed by atoms with Gasteiger partial charge in [-0.05, 0) is 5.56 Å². The highest BCUT2D eigenvalue weighted by Crippen LogP contribution is 2.12. The Bertz CT molecular complexity index is 288. The van der Waals surface area contributed by atoms with Gasteiger partial charge in [0.2, 0.25) is 0 Å². The highest BCUT2D eigenvalue weighted by Gasteiger charge is 2.04. The van der Waals surface area contributed by atoms with E-state index >= 15 is 0 Å². The molecule has 1 aromatic rings. The normalized spacial score (nSPS) is 9.42. The number of benzene rings is 1. The van der Waals surface area contributed by atoms with Crippen molar-refractivity contribution in [3.8, 4) is 0 Å². The fourth-order valence-corrected chi connectivity index (χ4v) is 1.11. The average molecular weight is 163 g/mol. The molecule has 0 aromatic heterocycles. The Kier molecular flexibility index (Phi) is 2.85. The van der Waals surface area contributed by atoms with Gasteiger partial charge in [-0.2, -0.15) is 0 Å². The van der Waals surface area contributed by atoms with Crippen LogP contribution in [0.4, 0.5) is 5.69 Å². The molecule has 4 heteroatoms. The van der Waals surface area contributed by atoms with Crippen LogP contribution in [-0.4, -0.2) is 12.2 Å². The van der Waals surface area contributed by atoms with Crippen molar-refractivity contribution in [2.24, 2.45) is 0 Å². The van der Waals surface area contributed by atoms with Crippen LogP contribution < -0.4 is 0 Å². The van der Waals surface area contributed by atoms with Crippen molar-refractivity contribution in [1.29, 1.82) is 0 Å². The van der Waals surface area contributed by atoms with Gasteiger partial charge in [0.1, 0.15) is 7.28 Å². The van der Waals surface area contributed by atoms with E-state index in [1.54, 1.807) is 12.1 Å². The smallest absolute Gasteiger partial charge is 0.258 e. The topological polar surface area (TPSA) is 43.1 Å². The molecule has 1 aromatic carbocycles. The minimum absolute atomic E-state index is 0.181. The number of hydrogen-bond donors (Lipinski definition) is 0. The first-order valence-electron chi connectivity index (χ1n) is 3.97. The molecule has 3 nitrogen and oxygen atoms in total. The van der Waals surface area contributed by atoms with Crippen molar-refractivity contribution < 1.29 is 4.92 Å². The summed E-state index contributed by atoms with van der Waals surface area (Å²) in [5, 5.41) is 10.4. The summed E-state index contributed by atoms with van der Waals surface area (Å²) in [6.45, 7) is 2.05. The number of hydrogen-bond acceptors (Lipinski definition) is 2. The molecule has 0 N–H and O–H groups in total. The summed E-state index contributed by atoms with van der Waals surface area (Å²) in [5.41, 5.74) is 1.22. The molecule has 0 bridgehead atoms. The molecule has 0 fully saturated rings. The molecule has 12 heavy (non-hydrogen) atoms. The summed E-state index contributed by atoms with van der Waals surface area (Å²) < 4.78 is 0. The molecular formula is C8H10BNO2. The van der Waals surface area contributed by atoms with Gasteiger partial charge in [-0.25, -0.2) is 0 Å². The Labute approximate surface area is 71.8 Å². The maximum atomic E-state index is 10.4. The summed E-state index contributed by atoms with van der Waals surface area (Å²) in [7, 11) is 1.02. The van der Waals surface area contributed by atoms with E-state index in [1.165, 1.54) is 6.07 Å². The fraction of sp³-hybridized carbons (Fsp3) is 0.250. The van der Waals surface area contributed by atoms with Crippen LogP contribution in [0, 0.1) is 10.1 Å². The lowest BCUT2D eigenvalue weighted by atomic mass is 9.75. The fourth-order valence-electron chi connectivity index (χ4n) is 1.11. The molecule has 0 saturated heterocycles. The highest BCUT2D eigenvalue weighted by molar-refractivity contribution is 6.32. The molecule has 0 aliphatic carbocycles. The zero-order valence-corrected chi connectivity index (χ0v) is 6.99. The quantitative estimate of drug-likeness (QED) is 0.385. The second kappa shape index (κ2) is 3.90. The van der Waals surface area contributed by atoms with E-state index in [0.717, 1.165) is 19.2 Å². The maximum Gasteiger partial charge on any atom is 0.269 e. The molecular weight excluding hydrogens is 153 g/mol. The second-order valence-electron chi connectivity index (χ2n) is 2.68. The van der Waals surface area contributed by atoms with Crippen molar-refractivity contribution in [3.63, 3.8) is 0 Å². The number of nitrogens with zero attached hydrogens (tertiary/aromatic N) is 1. The lowest BCUT2D eigenvalue weighted by molar-refractivity contribution is -0.384. The van der Waals surface area contributed by atoms with Crippen molar-refractivity contribution in [2.75, 3.05) is 0 Å². The minimum Gasteiger partial charge on any atom is -0.258 e. The van der Waals surface area contributed by atoms with Gasteiger partial charge in [-0.15, -0.1) is 0 Å². The van der Waals surface area contributed by atoms with Crippen LogP contribution in [0.5, 0.6) is 0 Å². The van der Waals surface area contributed by atoms with Crippen LogP contribution in [-0.2, 0) is 6.32 Å². The molecule has 0 aliphatic heterocycles. The van der Waals surface area contributed by atoms with Gasteiger partial charge >= 0.3 is 0 Å². The molecule has 0 spiro atoms. The maximum absolute atomic E-state index is 10.4. The Balaban J connectivity index is 2.88. The lowest BCUT2D eigenvalue weighted by Crippen LogP contribution is -1.93. The molecule has 0 heterocycles. The summed E-state index contributed by atoms with van der Waals surface area (Å²) in [6, 6.07) is 6.78. The standard InChI is InChI=1S/C8H10BNO2/c1-9-6-7-3-2-4-8(5-7)10(11)12/h2-5,9H,6H2,1H3. The highest BCUT2D eigenvalue weighted by atomic mass is 16.6. The molecule has 0 radical (unpaired) electrons. The molecule has 0 amide bonds. The van der Waals surface area contributed by atoms with Crippen molar-refractivity contribution in [1.82, 2.24) is 0 Å². The Morgan fingerprint density at radius 2 is 2.33 bits per heavy atom. The van der Waals surface area contributed by atoms with E-state index in [1.807, 2.05) is 6.07 Å². The van der Waals surface area contributed by atoms with Crippen LogP contribution in [0.1, 0.15) is 5.56 Å². The monoisotopic (exact) mass is 163 g/mol. The summed E-state index contributed by atoms with van der Waals surface area (Å²) in [6.07, 6.45) is 0.904. The second-order valence-corrected chi connectivity index (χ2v) is 2.68. The van der Waals surface area contributed by atoms with Gasteiger partial charge in [0.05, 0.1) is 4.92 Å². The first-order valence-corrected chi connectivity index (χ1v) is 3.97. The van der Waals surface area contributed by atoms with Gasteiger partial charge in [-0.1, -0.05) is 25.3 Å². The van der Waals surface area contributed by atoms with Gasteiger partial charge < -0.3 is 0 Å². The molecule has 0 unspecified atom stereocenters. The van der Waals surface area contributed by atoms with Crippen LogP contribution in [0.2, 0.25) is 6.82 Å². The number of rotatable bonds is 3. The van der Waals surface area contributed by atoms with E-state index in [9.17, 15) is 10.1 Å². The summed E-state index contributed by atoms with van der Waals surface area (Å²) in [4.78, 5) is 10.0. The van der Waals surface area contributed by atoms with Gasteiger partial charge in [0.15, 0.2) is 0 Å². The summed E-state index contributed by atoms with van der Waals surface area (Å²) in [5.74, 6) is 0. The third-order valence-electron chi connectivity index (χ3n) is 1.66. The van der Waals surface area contributed by atoms with Gasteiger partial charge in [0, 0.05) is 12.1 Å². The number of nitro groups is 1. The minimum atomic E-state index is -0.362. The van der Waals surface area contributed by atoms with Crippen LogP contribution in [0.3, 0.4) is 0 Å². The SMILES string of the molecule is CBCc1cccc([N+](=O)[O-])c1. The van der Waals surface area contributed by atoms with Crippen LogP contribution in [0.15, 0.2) is 24.3 Å². The summed E-state index contributed by atoms with van der Waals surface area (Å²) >= 11 is 0. The van der Waals surface area contributed by atoms with Crippen molar-refractivity contribution in [2.45, 2.75) is 13.1 Å². The van der Waals surface area contributed by atoms with E-state index < -0.39 is 0 Å². The third-order valence-corrected chi connectivity index (χ3v) is 1.66. The first kappa shape index (κ1) is 8.78. The van der Waals surface area contributed by atoms with E-state index in [4.69, 9.17) is 0 Å². The van der Waals surface area contributed by atoms with Gasteiger partial charge in [0.25, 0.3) is 5.69 Å². The molecule has 0 atom stereocenters. The Hall–Kier alpha value is -1.32. The molecule has 0 saturated carbocycles.